The quantitative estimate of drug-likeness (QED) is 0.860. The van der Waals surface area contributed by atoms with E-state index < -0.39 is 5.97 Å². The topological polar surface area (TPSA) is 75.6 Å². The van der Waals surface area contributed by atoms with Gasteiger partial charge in [0.2, 0.25) is 0 Å². The van der Waals surface area contributed by atoms with E-state index in [1.165, 1.54) is 0 Å². The molecule has 0 radical (unpaired) electrons. The van der Waals surface area contributed by atoms with Crippen molar-refractivity contribution < 1.29 is 19.4 Å². The molecule has 0 bridgehead atoms. The van der Waals surface area contributed by atoms with E-state index in [0.717, 1.165) is 4.47 Å². The fourth-order valence-corrected chi connectivity index (χ4v) is 2.69. The Hall–Kier alpha value is -1.56. The minimum atomic E-state index is -0.785. The predicted octanol–water partition coefficient (Wildman–Crippen LogP) is 2.20. The normalized spacial score (nSPS) is 21.4. The van der Waals surface area contributed by atoms with Crippen LogP contribution < -0.4 is 10.1 Å². The maximum Gasteiger partial charge on any atom is 0.306 e. The highest BCUT2D eigenvalue weighted by Crippen LogP contribution is 2.25. The number of halogens is 1. The second-order valence-electron chi connectivity index (χ2n) is 4.86. The van der Waals surface area contributed by atoms with Crippen LogP contribution in [0.5, 0.6) is 5.75 Å². The van der Waals surface area contributed by atoms with Gasteiger partial charge in [0, 0.05) is 10.5 Å². The van der Waals surface area contributed by atoms with Gasteiger partial charge in [-0.1, -0.05) is 22.0 Å². The number of benzene rings is 1. The molecule has 2 atom stereocenters. The number of carboxylic acid groups (broad SMARTS) is 1. The van der Waals surface area contributed by atoms with Crippen LogP contribution in [0.2, 0.25) is 0 Å². The van der Waals surface area contributed by atoms with Gasteiger partial charge in [0.05, 0.1) is 5.92 Å². The lowest BCUT2D eigenvalue weighted by Crippen LogP contribution is -2.36. The fraction of sp³-hybridized carbons (Fsp3) is 0.429. The standard InChI is InChI=1S/C14H16BrNO4/c15-10-2-1-3-12(7-10)20-8-13(17)16-11-5-4-9(6-11)14(18)19/h1-3,7,9,11H,4-6,8H2,(H,16,17)(H,18,19)/t9-,11+/m1/s1. The molecular weight excluding hydrogens is 326 g/mol. The lowest BCUT2D eigenvalue weighted by molar-refractivity contribution is -0.141. The number of carboxylic acids is 1. The van der Waals surface area contributed by atoms with E-state index in [4.69, 9.17) is 9.84 Å². The molecule has 1 fully saturated rings. The summed E-state index contributed by atoms with van der Waals surface area (Å²) in [5, 5.41) is 11.7. The number of carbonyl (C=O) groups excluding carboxylic acids is 1. The zero-order valence-corrected chi connectivity index (χ0v) is 12.4. The third kappa shape index (κ3) is 4.23. The Balaban J connectivity index is 1.75. The number of ether oxygens (including phenoxy) is 1. The molecule has 1 aromatic rings. The first kappa shape index (κ1) is 14.8. The molecule has 1 aliphatic carbocycles. The maximum atomic E-state index is 11.7. The molecule has 0 aliphatic heterocycles. The second kappa shape index (κ2) is 6.74. The van der Waals surface area contributed by atoms with Gasteiger partial charge in [0.25, 0.3) is 5.91 Å². The van der Waals surface area contributed by atoms with E-state index in [9.17, 15) is 9.59 Å². The van der Waals surface area contributed by atoms with Crippen molar-refractivity contribution in [3.05, 3.63) is 28.7 Å². The number of nitrogens with one attached hydrogen (secondary N) is 1. The number of amides is 1. The molecule has 5 nitrogen and oxygen atoms in total. The predicted molar refractivity (Wildman–Crippen MR) is 76.5 cm³/mol. The Kier molecular flexibility index (Phi) is 5.00. The minimum absolute atomic E-state index is 0.0605. The summed E-state index contributed by atoms with van der Waals surface area (Å²) in [6, 6.07) is 7.19. The zero-order chi connectivity index (χ0) is 14.5. The van der Waals surface area contributed by atoms with Gasteiger partial charge in [0.1, 0.15) is 5.75 Å². The van der Waals surface area contributed by atoms with E-state index in [0.29, 0.717) is 25.0 Å². The second-order valence-corrected chi connectivity index (χ2v) is 5.77. The summed E-state index contributed by atoms with van der Waals surface area (Å²) >= 11 is 3.32. The summed E-state index contributed by atoms with van der Waals surface area (Å²) in [5.74, 6) is -0.733. The first-order valence-corrected chi connectivity index (χ1v) is 7.24. The van der Waals surface area contributed by atoms with Gasteiger partial charge in [-0.15, -0.1) is 0 Å². The molecule has 108 valence electrons. The Bertz CT molecular complexity index is 506. The molecule has 1 aromatic carbocycles. The average molecular weight is 342 g/mol. The number of carbonyl (C=O) groups is 2. The van der Waals surface area contributed by atoms with E-state index in [-0.39, 0.29) is 24.5 Å². The van der Waals surface area contributed by atoms with Crippen LogP contribution in [0.4, 0.5) is 0 Å². The highest BCUT2D eigenvalue weighted by molar-refractivity contribution is 9.10. The van der Waals surface area contributed by atoms with Gasteiger partial charge in [-0.3, -0.25) is 9.59 Å². The van der Waals surface area contributed by atoms with Crippen LogP contribution >= 0.6 is 15.9 Å². The van der Waals surface area contributed by atoms with E-state index >= 15 is 0 Å². The molecule has 0 saturated heterocycles. The molecular formula is C14H16BrNO4. The van der Waals surface area contributed by atoms with Crippen molar-refractivity contribution in [2.24, 2.45) is 5.92 Å². The molecule has 1 amide bonds. The van der Waals surface area contributed by atoms with E-state index in [2.05, 4.69) is 21.2 Å². The third-order valence-corrected chi connectivity index (χ3v) is 3.81. The van der Waals surface area contributed by atoms with Crippen molar-refractivity contribution in [3.8, 4) is 5.75 Å². The summed E-state index contributed by atoms with van der Waals surface area (Å²) in [7, 11) is 0. The molecule has 6 heteroatoms. The number of aliphatic carboxylic acids is 1. The summed E-state index contributed by atoms with van der Waals surface area (Å²) in [4.78, 5) is 22.6. The van der Waals surface area contributed by atoms with Crippen LogP contribution in [-0.2, 0) is 9.59 Å². The number of rotatable bonds is 5. The van der Waals surface area contributed by atoms with Gasteiger partial charge in [-0.05, 0) is 37.5 Å². The fourth-order valence-electron chi connectivity index (χ4n) is 2.31. The van der Waals surface area contributed by atoms with Crippen LogP contribution in [0, 0.1) is 5.92 Å². The first-order valence-electron chi connectivity index (χ1n) is 6.45. The molecule has 20 heavy (non-hydrogen) atoms. The van der Waals surface area contributed by atoms with Crippen LogP contribution in [0.3, 0.4) is 0 Å². The lowest BCUT2D eigenvalue weighted by atomic mass is 10.1. The zero-order valence-electron chi connectivity index (χ0n) is 10.8. The summed E-state index contributed by atoms with van der Waals surface area (Å²) < 4.78 is 6.26. The molecule has 1 saturated carbocycles. The molecule has 0 spiro atoms. The molecule has 1 aliphatic rings. The SMILES string of the molecule is O=C(COc1cccc(Br)c1)N[C@H]1CC[C@@H](C(=O)O)C1. The largest absolute Gasteiger partial charge is 0.484 e. The van der Waals surface area contributed by atoms with Crippen molar-refractivity contribution in [2.75, 3.05) is 6.61 Å². The highest BCUT2D eigenvalue weighted by atomic mass is 79.9. The van der Waals surface area contributed by atoms with E-state index in [1.807, 2.05) is 12.1 Å². The summed E-state index contributed by atoms with van der Waals surface area (Å²) in [5.41, 5.74) is 0. The Morgan fingerprint density at radius 3 is 2.85 bits per heavy atom. The Morgan fingerprint density at radius 2 is 2.20 bits per heavy atom. The van der Waals surface area contributed by atoms with E-state index in [1.54, 1.807) is 12.1 Å². The Morgan fingerprint density at radius 1 is 1.40 bits per heavy atom. The van der Waals surface area contributed by atoms with Gasteiger partial charge in [-0.25, -0.2) is 0 Å². The molecule has 0 unspecified atom stereocenters. The van der Waals surface area contributed by atoms with Gasteiger partial charge >= 0.3 is 5.97 Å². The average Bonchev–Trinajstić information content (AvgIpc) is 2.85. The molecule has 0 aromatic heterocycles. The van der Waals surface area contributed by atoms with Crippen molar-refractivity contribution in [1.82, 2.24) is 5.32 Å². The smallest absolute Gasteiger partial charge is 0.306 e. The van der Waals surface area contributed by atoms with Crippen LogP contribution in [-0.4, -0.2) is 29.6 Å². The molecule has 0 heterocycles. The summed E-state index contributed by atoms with van der Waals surface area (Å²) in [6.45, 7) is -0.0648. The van der Waals surface area contributed by atoms with Crippen LogP contribution in [0.1, 0.15) is 19.3 Å². The van der Waals surface area contributed by atoms with Crippen molar-refractivity contribution in [1.29, 1.82) is 0 Å². The Labute approximate surface area is 125 Å². The van der Waals surface area contributed by atoms with Crippen molar-refractivity contribution in [2.45, 2.75) is 25.3 Å². The monoisotopic (exact) mass is 341 g/mol. The van der Waals surface area contributed by atoms with Crippen LogP contribution in [0.15, 0.2) is 28.7 Å². The van der Waals surface area contributed by atoms with Crippen molar-refractivity contribution >= 4 is 27.8 Å². The molecule has 2 rings (SSSR count). The number of hydrogen-bond acceptors (Lipinski definition) is 3. The minimum Gasteiger partial charge on any atom is -0.484 e. The van der Waals surface area contributed by atoms with Gasteiger partial charge < -0.3 is 15.2 Å². The summed E-state index contributed by atoms with van der Waals surface area (Å²) in [6.07, 6.45) is 1.82. The maximum absolute atomic E-state index is 11.7. The van der Waals surface area contributed by atoms with Crippen LogP contribution in [0.25, 0.3) is 0 Å². The number of hydrogen-bond donors (Lipinski definition) is 2. The highest BCUT2D eigenvalue weighted by Gasteiger charge is 2.30. The van der Waals surface area contributed by atoms with Crippen molar-refractivity contribution in [3.63, 3.8) is 0 Å². The lowest BCUT2D eigenvalue weighted by Gasteiger charge is -2.13. The van der Waals surface area contributed by atoms with Gasteiger partial charge in [-0.2, -0.15) is 0 Å². The molecule has 2 N–H and O–H groups in total. The third-order valence-electron chi connectivity index (χ3n) is 3.31. The first-order chi connectivity index (χ1) is 9.54. The van der Waals surface area contributed by atoms with Gasteiger partial charge in [0.15, 0.2) is 6.61 Å².